The van der Waals surface area contributed by atoms with Crippen LogP contribution in [0.2, 0.25) is 18.1 Å². The van der Waals surface area contributed by atoms with Crippen LogP contribution in [0, 0.1) is 0 Å². The molecule has 7 heteroatoms. The summed E-state index contributed by atoms with van der Waals surface area (Å²) in [4.78, 5) is 15.2. The second-order valence-corrected chi connectivity index (χ2v) is 16.3. The van der Waals surface area contributed by atoms with Crippen molar-refractivity contribution < 1.29 is 25.3 Å². The van der Waals surface area contributed by atoms with Gasteiger partial charge in [-0.25, -0.2) is 0 Å². The van der Waals surface area contributed by atoms with E-state index in [0.29, 0.717) is 0 Å². The molecule has 0 aromatic rings. The van der Waals surface area contributed by atoms with Crippen LogP contribution < -0.4 is 4.98 Å². The standard InChI is InChI=1S/C14H24NO2Si.2ClH.Ti/c1-10-8-14(4,12(3)11(10)2)18(6,7)15-13(16)9-17-5;;;/h9H2,1-7H3,(H,15,16);2*1H;/q;;;+2/p-2. The van der Waals surface area contributed by atoms with Crippen LogP contribution in [0.5, 0.6) is 0 Å². The van der Waals surface area contributed by atoms with E-state index in [1.54, 1.807) is 0 Å². The number of hydrogen-bond acceptors (Lipinski definition) is 2. The summed E-state index contributed by atoms with van der Waals surface area (Å²) in [7, 11) is 12.2. The zero-order valence-electron chi connectivity index (χ0n) is 13.8. The van der Waals surface area contributed by atoms with E-state index in [0.717, 1.165) is 0 Å². The second-order valence-electron chi connectivity index (χ2n) is 6.24. The molecule has 1 N–H and O–H groups in total. The summed E-state index contributed by atoms with van der Waals surface area (Å²) >= 11 is -2.30. The van der Waals surface area contributed by atoms with E-state index >= 15 is 0 Å². The van der Waals surface area contributed by atoms with Crippen LogP contribution in [0.1, 0.15) is 27.7 Å². The molecule has 0 aromatic carbocycles. The average Bonchev–Trinajstić information content (AvgIpc) is 2.51. The monoisotopic (exact) mass is 384 g/mol. The first-order valence-corrected chi connectivity index (χ1v) is 15.0. The van der Waals surface area contributed by atoms with Gasteiger partial charge in [-0.3, -0.25) is 0 Å². The van der Waals surface area contributed by atoms with Crippen LogP contribution in [-0.4, -0.2) is 27.9 Å². The molecule has 1 atom stereocenters. The molecular formula is C14H24Cl2NO2SiTi. The molecule has 0 aromatic heterocycles. The minimum absolute atomic E-state index is 0.0737. The van der Waals surface area contributed by atoms with Gasteiger partial charge < -0.3 is 0 Å². The van der Waals surface area contributed by atoms with Gasteiger partial charge in [-0.15, -0.1) is 0 Å². The van der Waals surface area contributed by atoms with Crippen molar-refractivity contribution in [2.45, 2.75) is 45.8 Å². The first-order chi connectivity index (χ1) is 9.50. The molecule has 0 bridgehead atoms. The molecule has 1 aliphatic carbocycles. The van der Waals surface area contributed by atoms with Gasteiger partial charge in [0.2, 0.25) is 0 Å². The third kappa shape index (κ3) is 3.36. The van der Waals surface area contributed by atoms with E-state index in [-0.39, 0.29) is 17.6 Å². The van der Waals surface area contributed by atoms with Crippen LogP contribution in [0.25, 0.3) is 0 Å². The Labute approximate surface area is 142 Å². The number of halogens is 2. The number of amides is 1. The Balaban J connectivity index is 3.32. The van der Waals surface area contributed by atoms with Gasteiger partial charge in [-0.2, -0.15) is 0 Å². The summed E-state index contributed by atoms with van der Waals surface area (Å²) in [6.45, 7) is 12.9. The summed E-state index contributed by atoms with van der Waals surface area (Å²) in [5, 5.41) is -0.219. The van der Waals surface area contributed by atoms with Gasteiger partial charge in [0, 0.05) is 0 Å². The van der Waals surface area contributed by atoms with Crippen LogP contribution >= 0.6 is 18.6 Å². The van der Waals surface area contributed by atoms with Crippen molar-refractivity contribution in [1.82, 2.24) is 4.98 Å². The number of nitrogens with one attached hydrogen (secondary N) is 1. The fourth-order valence-corrected chi connectivity index (χ4v) is 13.1. The molecule has 1 aliphatic rings. The normalized spacial score (nSPS) is 22.9. The van der Waals surface area contributed by atoms with E-state index in [2.05, 4.69) is 45.8 Å². The molecule has 119 valence electrons. The number of ether oxygens (including phenoxy) is 1. The van der Waals surface area contributed by atoms with E-state index in [4.69, 9.17) is 23.3 Å². The fraction of sp³-hybridized carbons (Fsp3) is 0.643. The Morgan fingerprint density at radius 3 is 2.24 bits per heavy atom. The average molecular weight is 385 g/mol. The zero-order valence-corrected chi connectivity index (χ0v) is 17.9. The molecule has 1 unspecified atom stereocenters. The molecule has 0 heterocycles. The zero-order chi connectivity index (χ0) is 16.6. The van der Waals surface area contributed by atoms with E-state index in [9.17, 15) is 4.79 Å². The van der Waals surface area contributed by atoms with Crippen molar-refractivity contribution >= 4 is 32.8 Å². The molecule has 0 fully saturated rings. The van der Waals surface area contributed by atoms with Gasteiger partial charge in [-0.05, 0) is 0 Å². The van der Waals surface area contributed by atoms with E-state index < -0.39 is 24.0 Å². The van der Waals surface area contributed by atoms with Gasteiger partial charge in [0.15, 0.2) is 0 Å². The first-order valence-electron chi connectivity index (χ1n) is 6.88. The Hall–Kier alpha value is 0.421. The predicted molar refractivity (Wildman–Crippen MR) is 88.6 cm³/mol. The number of carbonyl (C=O) groups excluding carboxylic acids is 1. The van der Waals surface area contributed by atoms with Gasteiger partial charge in [0.1, 0.15) is 0 Å². The van der Waals surface area contributed by atoms with Gasteiger partial charge in [0.25, 0.3) is 0 Å². The summed E-state index contributed by atoms with van der Waals surface area (Å²) in [5.74, 6) is -0.0737. The topological polar surface area (TPSA) is 38.3 Å². The Kier molecular flexibility index (Phi) is 6.39. The maximum atomic E-state index is 12.0. The maximum absolute atomic E-state index is 12.0. The molecule has 0 spiro atoms. The molecule has 0 aliphatic heterocycles. The number of rotatable bonds is 5. The van der Waals surface area contributed by atoms with Crippen molar-refractivity contribution in [2.75, 3.05) is 13.7 Å². The fourth-order valence-electron chi connectivity index (χ4n) is 3.16. The quantitative estimate of drug-likeness (QED) is 0.719. The van der Waals surface area contributed by atoms with Crippen molar-refractivity contribution in [2.24, 2.45) is 0 Å². The summed E-state index contributed by atoms with van der Waals surface area (Å²) < 4.78 is 6.12. The second kappa shape index (κ2) is 6.90. The van der Waals surface area contributed by atoms with Gasteiger partial charge in [-0.1, -0.05) is 0 Å². The predicted octanol–water partition coefficient (Wildman–Crippen LogP) is 4.26. The van der Waals surface area contributed by atoms with Crippen molar-refractivity contribution in [1.29, 1.82) is 0 Å². The number of hydrogen-bond donors (Lipinski definition) is 1. The molecule has 0 saturated carbocycles. The number of allylic oxidation sites excluding steroid dienone is 4. The Morgan fingerprint density at radius 1 is 1.29 bits per heavy atom. The van der Waals surface area contributed by atoms with Crippen LogP contribution in [0.3, 0.4) is 0 Å². The summed E-state index contributed by atoms with van der Waals surface area (Å²) in [6, 6.07) is 0. The molecular weight excluding hydrogens is 361 g/mol. The van der Waals surface area contributed by atoms with E-state index in [1.807, 2.05) is 0 Å². The summed E-state index contributed by atoms with van der Waals surface area (Å²) in [5.41, 5.74) is 3.77. The molecule has 0 saturated heterocycles. The first kappa shape index (κ1) is 19.5. The van der Waals surface area contributed by atoms with Crippen LogP contribution in [0.15, 0.2) is 20.6 Å². The third-order valence-corrected chi connectivity index (χ3v) is 12.9. The Morgan fingerprint density at radius 2 is 1.81 bits per heavy atom. The molecule has 21 heavy (non-hydrogen) atoms. The SMILES string of the molecule is COCC(=O)N[Si](C)(C)C1(C)C(C)=C(C)C(C)=[C]1[Ti]([Cl])[Cl]. The van der Waals surface area contributed by atoms with Crippen LogP contribution in [0.4, 0.5) is 0 Å². The Bertz CT molecular complexity index is 517. The van der Waals surface area contributed by atoms with Crippen LogP contribution in [-0.2, 0) is 25.3 Å². The number of methoxy groups -OCH3 is 1. The molecule has 3 nitrogen and oxygen atoms in total. The van der Waals surface area contributed by atoms with Crippen molar-refractivity contribution in [3.8, 4) is 0 Å². The molecule has 0 radical (unpaired) electrons. The van der Waals surface area contributed by atoms with Crippen molar-refractivity contribution in [3.05, 3.63) is 20.6 Å². The summed E-state index contributed by atoms with van der Waals surface area (Å²) in [6.07, 6.45) is 0. The van der Waals surface area contributed by atoms with Crippen molar-refractivity contribution in [3.63, 3.8) is 0 Å². The van der Waals surface area contributed by atoms with Gasteiger partial charge in [0.05, 0.1) is 0 Å². The third-order valence-electron chi connectivity index (χ3n) is 4.92. The van der Waals surface area contributed by atoms with E-state index in [1.165, 1.54) is 27.7 Å². The molecule has 1 amide bonds. The minimum atomic E-state index is -2.30. The number of carbonyl (C=O) groups is 1. The van der Waals surface area contributed by atoms with Gasteiger partial charge >= 0.3 is 143 Å². The molecule has 1 rings (SSSR count).